The Hall–Kier alpha value is -6.48. The summed E-state index contributed by atoms with van der Waals surface area (Å²) in [6.45, 7) is 10.9. The zero-order chi connectivity index (χ0) is 45.8. The average Bonchev–Trinajstić information content (AvgIpc) is 3.77. The number of hydroxylamine groups is 2. The molecule has 0 aliphatic rings. The molecule has 0 bridgehead atoms. The van der Waals surface area contributed by atoms with Crippen LogP contribution in [-0.4, -0.2) is 72.1 Å². The molecule has 0 aliphatic carbocycles. The molecule has 15 nitrogen and oxygen atoms in total. The van der Waals surface area contributed by atoms with Crippen LogP contribution in [0.3, 0.4) is 0 Å². The minimum absolute atomic E-state index is 0.0156. The summed E-state index contributed by atoms with van der Waals surface area (Å²) < 4.78 is 22.6. The van der Waals surface area contributed by atoms with Crippen molar-refractivity contribution >= 4 is 36.1 Å². The molecule has 3 atom stereocenters. The topological polar surface area (TPSA) is 192 Å². The Morgan fingerprint density at radius 1 is 0.810 bits per heavy atom. The molecule has 0 spiro atoms. The number of carbonyl (C=O) groups excluding carboxylic acids is 6. The Morgan fingerprint density at radius 3 is 2.11 bits per heavy atom. The molecule has 0 aliphatic heterocycles. The number of nitrogens with one attached hydrogen (secondary N) is 3. The van der Waals surface area contributed by atoms with Gasteiger partial charge in [0.15, 0.2) is 5.76 Å². The molecule has 3 aromatic carbocycles. The highest BCUT2D eigenvalue weighted by molar-refractivity contribution is 5.99. The Morgan fingerprint density at radius 2 is 1.49 bits per heavy atom. The van der Waals surface area contributed by atoms with Crippen LogP contribution >= 0.6 is 0 Å². The summed E-state index contributed by atoms with van der Waals surface area (Å²) in [6, 6.07) is 24.1. The van der Waals surface area contributed by atoms with Crippen molar-refractivity contribution in [3.05, 3.63) is 113 Å². The number of nitrogens with zero attached hydrogens (tertiary/aromatic N) is 1. The molecular weight excluding hydrogens is 809 g/mol. The average molecular weight is 869 g/mol. The molecule has 1 heterocycles. The maximum Gasteiger partial charge on any atom is 0.329 e. The second kappa shape index (κ2) is 24.8. The predicted molar refractivity (Wildman–Crippen MR) is 235 cm³/mol. The summed E-state index contributed by atoms with van der Waals surface area (Å²) >= 11 is 0. The zero-order valence-electron chi connectivity index (χ0n) is 37.0. The van der Waals surface area contributed by atoms with Gasteiger partial charge in [-0.3, -0.25) is 28.8 Å². The van der Waals surface area contributed by atoms with Gasteiger partial charge in [-0.25, -0.2) is 9.86 Å². The molecule has 0 saturated carbocycles. The first-order valence-electron chi connectivity index (χ1n) is 21.3. The number of furan rings is 1. The van der Waals surface area contributed by atoms with Crippen molar-refractivity contribution in [2.24, 2.45) is 5.92 Å². The van der Waals surface area contributed by atoms with Crippen molar-refractivity contribution in [1.29, 1.82) is 0 Å². The van der Waals surface area contributed by atoms with E-state index >= 15 is 0 Å². The summed E-state index contributed by atoms with van der Waals surface area (Å²) in [7, 11) is 0. The lowest BCUT2D eigenvalue weighted by atomic mass is 9.90. The minimum Gasteiger partial charge on any atom is -0.494 e. The van der Waals surface area contributed by atoms with Crippen LogP contribution < -0.4 is 20.7 Å². The van der Waals surface area contributed by atoms with Gasteiger partial charge in [-0.1, -0.05) is 93.8 Å². The minimum atomic E-state index is -1.38. The number of esters is 2. The molecular formula is C48H60N4O11. The van der Waals surface area contributed by atoms with E-state index < -0.39 is 53.8 Å². The van der Waals surface area contributed by atoms with E-state index in [9.17, 15) is 28.8 Å². The first-order chi connectivity index (χ1) is 30.2. The number of ether oxygens (including phenoxy) is 3. The summed E-state index contributed by atoms with van der Waals surface area (Å²) in [5.74, 6) is -3.35. The fourth-order valence-corrected chi connectivity index (χ4v) is 6.62. The van der Waals surface area contributed by atoms with Gasteiger partial charge in [-0.15, -0.1) is 0 Å². The number of amides is 4. The van der Waals surface area contributed by atoms with E-state index in [1.165, 1.54) is 23.3 Å². The lowest BCUT2D eigenvalue weighted by Gasteiger charge is -2.32. The Kier molecular flexibility index (Phi) is 19.4. The van der Waals surface area contributed by atoms with E-state index in [0.29, 0.717) is 30.6 Å². The van der Waals surface area contributed by atoms with Crippen molar-refractivity contribution in [3.63, 3.8) is 0 Å². The van der Waals surface area contributed by atoms with Gasteiger partial charge in [0, 0.05) is 11.1 Å². The quantitative estimate of drug-likeness (QED) is 0.0199. The molecule has 4 rings (SSSR count). The van der Waals surface area contributed by atoms with Gasteiger partial charge in [-0.2, -0.15) is 0 Å². The number of hydrogen-bond acceptors (Lipinski definition) is 11. The lowest BCUT2D eigenvalue weighted by Crippen LogP contribution is -2.48. The molecule has 4 amide bonds. The zero-order valence-corrected chi connectivity index (χ0v) is 37.0. The summed E-state index contributed by atoms with van der Waals surface area (Å²) in [5, 5.41) is 9.27. The molecule has 338 valence electrons. The van der Waals surface area contributed by atoms with Crippen molar-refractivity contribution in [2.75, 3.05) is 13.3 Å². The molecule has 0 fully saturated rings. The molecule has 15 heteroatoms. The van der Waals surface area contributed by atoms with Crippen LogP contribution in [0.15, 0.2) is 95.4 Å². The standard InChI is InChI=1S/C48H60N4O11/c1-7-10-13-22-38(40(8-2)52(32-53)61-30-34-20-16-12-17-21-34)45(56)49-31-50-46(57)42-24-23-41(62-42)35-25-36(27-37(26-35)59-9-3)44(55)51-39(47(58)63-48(4,5)6)28-43(54)60-29-33-18-14-11-15-19-33/h11-12,14-21,23-27,32,38-40H,7-10,13,22,28-31H2,1-6H3,(H,49,56)(H,50,57)(H,51,55)/t38?,39?,40-/m1/s1. The maximum atomic E-state index is 13.8. The van der Waals surface area contributed by atoms with E-state index in [1.54, 1.807) is 52.0 Å². The van der Waals surface area contributed by atoms with Crippen LogP contribution in [0.25, 0.3) is 11.3 Å². The smallest absolute Gasteiger partial charge is 0.329 e. The van der Waals surface area contributed by atoms with Crippen LogP contribution in [0, 0.1) is 5.92 Å². The maximum absolute atomic E-state index is 13.8. The van der Waals surface area contributed by atoms with Gasteiger partial charge in [0.2, 0.25) is 12.3 Å². The molecule has 63 heavy (non-hydrogen) atoms. The SMILES string of the molecule is CCCCCC(C(=O)NCNC(=O)c1ccc(-c2cc(OCC)cc(C(=O)NC(CC(=O)OCc3ccccc3)C(=O)OC(C)(C)C)c2)o1)[C@@H](CC)N(C=O)OCc1ccccc1. The van der Waals surface area contributed by atoms with Gasteiger partial charge in [0.25, 0.3) is 11.8 Å². The van der Waals surface area contributed by atoms with E-state index in [4.69, 9.17) is 23.5 Å². The largest absolute Gasteiger partial charge is 0.494 e. The highest BCUT2D eigenvalue weighted by Gasteiger charge is 2.33. The van der Waals surface area contributed by atoms with Crippen LogP contribution in [0.1, 0.15) is 112 Å². The Bertz CT molecular complexity index is 2100. The van der Waals surface area contributed by atoms with Crippen LogP contribution in [0.2, 0.25) is 0 Å². The summed E-state index contributed by atoms with van der Waals surface area (Å²) in [6.07, 6.45) is 3.70. The molecule has 3 N–H and O–H groups in total. The number of rotatable bonds is 25. The van der Waals surface area contributed by atoms with Crippen LogP contribution in [0.4, 0.5) is 0 Å². The third kappa shape index (κ3) is 16.1. The monoisotopic (exact) mass is 868 g/mol. The fourth-order valence-electron chi connectivity index (χ4n) is 6.62. The Labute approximate surface area is 369 Å². The van der Waals surface area contributed by atoms with Gasteiger partial charge in [0.05, 0.1) is 31.7 Å². The van der Waals surface area contributed by atoms with Crippen molar-refractivity contribution in [2.45, 2.75) is 111 Å². The Balaban J connectivity index is 1.44. The number of hydrogen-bond donors (Lipinski definition) is 3. The first-order valence-corrected chi connectivity index (χ1v) is 21.3. The molecule has 4 aromatic rings. The number of unbranched alkanes of at least 4 members (excludes halogenated alkanes) is 2. The second-order valence-electron chi connectivity index (χ2n) is 15.8. The van der Waals surface area contributed by atoms with Gasteiger partial charge >= 0.3 is 11.9 Å². The molecule has 0 saturated heterocycles. The van der Waals surface area contributed by atoms with Crippen molar-refractivity contribution in [3.8, 4) is 17.1 Å². The number of benzene rings is 3. The predicted octanol–water partition coefficient (Wildman–Crippen LogP) is 7.29. The summed E-state index contributed by atoms with van der Waals surface area (Å²) in [4.78, 5) is 84.8. The van der Waals surface area contributed by atoms with Gasteiger partial charge in [-0.05, 0) is 82.0 Å². The van der Waals surface area contributed by atoms with E-state index in [0.717, 1.165) is 30.4 Å². The van der Waals surface area contributed by atoms with Crippen LogP contribution in [0.5, 0.6) is 5.75 Å². The van der Waals surface area contributed by atoms with Gasteiger partial charge < -0.3 is 34.6 Å². The molecule has 2 unspecified atom stereocenters. The third-order valence-corrected chi connectivity index (χ3v) is 9.71. The molecule has 1 aromatic heterocycles. The highest BCUT2D eigenvalue weighted by atomic mass is 16.7. The number of carbonyl (C=O) groups is 6. The molecule has 0 radical (unpaired) electrons. The van der Waals surface area contributed by atoms with Crippen molar-refractivity contribution < 1.29 is 52.2 Å². The lowest BCUT2D eigenvalue weighted by molar-refractivity contribution is -0.200. The fraction of sp³-hybridized carbons (Fsp3) is 0.417. The normalized spacial score (nSPS) is 12.5. The van der Waals surface area contributed by atoms with Crippen LogP contribution in [-0.2, 0) is 46.7 Å². The van der Waals surface area contributed by atoms with E-state index in [-0.39, 0.29) is 49.5 Å². The summed E-state index contributed by atoms with van der Waals surface area (Å²) in [5.41, 5.74) is 1.18. The van der Waals surface area contributed by atoms with E-state index in [1.807, 2.05) is 55.5 Å². The first kappa shape index (κ1) is 49.2. The van der Waals surface area contributed by atoms with Crippen molar-refractivity contribution in [1.82, 2.24) is 21.0 Å². The highest BCUT2D eigenvalue weighted by Crippen LogP contribution is 2.29. The third-order valence-electron chi connectivity index (χ3n) is 9.71. The van der Waals surface area contributed by atoms with E-state index in [2.05, 4.69) is 22.9 Å². The van der Waals surface area contributed by atoms with Gasteiger partial charge in [0.1, 0.15) is 36.4 Å². The second-order valence-corrected chi connectivity index (χ2v) is 15.8.